The van der Waals surface area contributed by atoms with Crippen LogP contribution in [0, 0.1) is 11.8 Å². The number of benzene rings is 2. The van der Waals surface area contributed by atoms with Crippen molar-refractivity contribution in [3.8, 4) is 11.5 Å². The van der Waals surface area contributed by atoms with E-state index in [9.17, 15) is 8.42 Å². The second kappa shape index (κ2) is 5.07. The van der Waals surface area contributed by atoms with Crippen LogP contribution < -0.4 is 4.74 Å². The van der Waals surface area contributed by atoms with Gasteiger partial charge in [0, 0.05) is 12.1 Å². The van der Waals surface area contributed by atoms with E-state index < -0.39 is 10.0 Å². The molecule has 0 aromatic heterocycles. The van der Waals surface area contributed by atoms with Gasteiger partial charge in [0.1, 0.15) is 11.5 Å². The van der Waals surface area contributed by atoms with Gasteiger partial charge in [0.05, 0.1) is 4.90 Å². The van der Waals surface area contributed by atoms with Gasteiger partial charge in [-0.3, -0.25) is 0 Å². The van der Waals surface area contributed by atoms with Crippen molar-refractivity contribution in [2.75, 3.05) is 0 Å². The van der Waals surface area contributed by atoms with Crippen LogP contribution in [-0.4, -0.2) is 24.8 Å². The molecule has 24 heavy (non-hydrogen) atoms. The first-order valence-corrected chi connectivity index (χ1v) is 9.95. The van der Waals surface area contributed by atoms with E-state index in [4.69, 9.17) is 4.74 Å². The molecule has 2 aliphatic carbocycles. The van der Waals surface area contributed by atoms with Crippen molar-refractivity contribution in [3.05, 3.63) is 54.6 Å². The highest BCUT2D eigenvalue weighted by molar-refractivity contribution is 7.89. The van der Waals surface area contributed by atoms with Crippen molar-refractivity contribution in [1.82, 2.24) is 4.31 Å². The molecule has 5 heteroatoms. The minimum absolute atomic E-state index is 0.272. The zero-order chi connectivity index (χ0) is 16.3. The summed E-state index contributed by atoms with van der Waals surface area (Å²) in [5.41, 5.74) is 0. The van der Waals surface area contributed by atoms with Crippen molar-refractivity contribution in [2.45, 2.75) is 36.2 Å². The predicted octanol–water partition coefficient (Wildman–Crippen LogP) is 3.65. The van der Waals surface area contributed by atoms with Gasteiger partial charge in [-0.2, -0.15) is 4.31 Å². The van der Waals surface area contributed by atoms with Gasteiger partial charge in [-0.15, -0.1) is 0 Å². The topological polar surface area (TPSA) is 46.4 Å². The molecule has 4 atom stereocenters. The zero-order valence-corrected chi connectivity index (χ0v) is 14.0. The fourth-order valence-corrected chi connectivity index (χ4v) is 6.54. The molecule has 2 aromatic carbocycles. The van der Waals surface area contributed by atoms with E-state index in [1.54, 1.807) is 28.6 Å². The molecule has 1 heterocycles. The molecule has 3 aliphatic rings. The largest absolute Gasteiger partial charge is 0.457 e. The molecule has 1 aliphatic heterocycles. The fourth-order valence-electron chi connectivity index (χ4n) is 4.64. The average Bonchev–Trinajstić information content (AvgIpc) is 3.07. The Kier molecular flexibility index (Phi) is 3.06. The van der Waals surface area contributed by atoms with Crippen molar-refractivity contribution in [2.24, 2.45) is 11.8 Å². The van der Waals surface area contributed by atoms with E-state index in [-0.39, 0.29) is 12.1 Å². The molecule has 0 amide bonds. The molecule has 4 nitrogen and oxygen atoms in total. The molecule has 2 bridgehead atoms. The van der Waals surface area contributed by atoms with Gasteiger partial charge in [-0.05, 0) is 67.5 Å². The normalized spacial score (nSPS) is 33.2. The minimum Gasteiger partial charge on any atom is -0.457 e. The second-order valence-electron chi connectivity index (χ2n) is 7.04. The van der Waals surface area contributed by atoms with Crippen LogP contribution in [0.25, 0.3) is 0 Å². The first kappa shape index (κ1) is 14.5. The Balaban J connectivity index is 1.36. The Morgan fingerprint density at radius 1 is 0.833 bits per heavy atom. The van der Waals surface area contributed by atoms with Crippen molar-refractivity contribution < 1.29 is 13.2 Å². The number of nitrogens with zero attached hydrogens (tertiary/aromatic N) is 1. The molecule has 2 aromatic rings. The number of piperidine rings is 1. The molecule has 0 N–H and O–H groups in total. The van der Waals surface area contributed by atoms with Crippen LogP contribution in [0.2, 0.25) is 0 Å². The number of fused-ring (bicyclic) bond motifs is 5. The SMILES string of the molecule is O=S(=O)(c1ccc(Oc2ccccc2)cc1)N1C2C3CCC(C3)C21. The van der Waals surface area contributed by atoms with Crippen LogP contribution in [0.4, 0.5) is 0 Å². The summed E-state index contributed by atoms with van der Waals surface area (Å²) in [6.45, 7) is 0. The third kappa shape index (κ3) is 2.11. The Morgan fingerprint density at radius 3 is 2.04 bits per heavy atom. The molecular weight excluding hydrogens is 322 g/mol. The summed E-state index contributed by atoms with van der Waals surface area (Å²) in [5, 5.41) is 0. The third-order valence-corrected chi connectivity index (χ3v) is 7.62. The van der Waals surface area contributed by atoms with Gasteiger partial charge in [-0.1, -0.05) is 18.2 Å². The Hall–Kier alpha value is -1.85. The first-order chi connectivity index (χ1) is 11.6. The number of ether oxygens (including phenoxy) is 1. The maximum Gasteiger partial charge on any atom is 0.243 e. The van der Waals surface area contributed by atoms with Crippen LogP contribution in [0.5, 0.6) is 11.5 Å². The monoisotopic (exact) mass is 341 g/mol. The molecule has 4 unspecified atom stereocenters. The highest BCUT2D eigenvalue weighted by Crippen LogP contribution is 2.60. The Morgan fingerprint density at radius 2 is 1.42 bits per heavy atom. The van der Waals surface area contributed by atoms with E-state index in [1.807, 2.05) is 30.3 Å². The lowest BCUT2D eigenvalue weighted by Gasteiger charge is -2.13. The summed E-state index contributed by atoms with van der Waals surface area (Å²) in [6.07, 6.45) is 3.62. The first-order valence-electron chi connectivity index (χ1n) is 8.51. The van der Waals surface area contributed by atoms with Crippen molar-refractivity contribution in [1.29, 1.82) is 0 Å². The van der Waals surface area contributed by atoms with Gasteiger partial charge in [0.25, 0.3) is 0 Å². The van der Waals surface area contributed by atoms with Gasteiger partial charge < -0.3 is 4.74 Å². The molecule has 5 rings (SSSR count). The lowest BCUT2D eigenvalue weighted by molar-refractivity contribution is 0.447. The molecule has 2 saturated carbocycles. The van der Waals surface area contributed by atoms with Gasteiger partial charge in [-0.25, -0.2) is 8.42 Å². The number of rotatable bonds is 4. The smallest absolute Gasteiger partial charge is 0.243 e. The van der Waals surface area contributed by atoms with Crippen molar-refractivity contribution >= 4 is 10.0 Å². The zero-order valence-electron chi connectivity index (χ0n) is 13.2. The summed E-state index contributed by atoms with van der Waals surface area (Å²) in [6, 6.07) is 16.8. The highest BCUT2D eigenvalue weighted by atomic mass is 32.2. The van der Waals surface area contributed by atoms with E-state index in [0.717, 1.165) is 5.75 Å². The van der Waals surface area contributed by atoms with E-state index in [1.165, 1.54) is 19.3 Å². The van der Waals surface area contributed by atoms with E-state index in [0.29, 0.717) is 22.5 Å². The molecular formula is C19H19NO3S. The maximum absolute atomic E-state index is 12.9. The molecule has 0 radical (unpaired) electrons. The van der Waals surface area contributed by atoms with Crippen LogP contribution >= 0.6 is 0 Å². The summed E-state index contributed by atoms with van der Waals surface area (Å²) in [4.78, 5) is 0.372. The van der Waals surface area contributed by atoms with E-state index in [2.05, 4.69) is 0 Å². The number of hydrogen-bond acceptors (Lipinski definition) is 3. The molecule has 0 spiro atoms. The summed E-state index contributed by atoms with van der Waals surface area (Å²) >= 11 is 0. The number of sulfonamides is 1. The lowest BCUT2D eigenvalue weighted by Crippen LogP contribution is -2.21. The number of para-hydroxylation sites is 1. The molecule has 1 saturated heterocycles. The fraction of sp³-hybridized carbons (Fsp3) is 0.368. The number of hydrogen-bond donors (Lipinski definition) is 0. The predicted molar refractivity (Wildman–Crippen MR) is 90.4 cm³/mol. The van der Waals surface area contributed by atoms with Gasteiger partial charge in [0.2, 0.25) is 10.0 Å². The Labute approximate surface area is 142 Å². The van der Waals surface area contributed by atoms with Crippen molar-refractivity contribution in [3.63, 3.8) is 0 Å². The van der Waals surface area contributed by atoms with E-state index >= 15 is 0 Å². The summed E-state index contributed by atoms with van der Waals surface area (Å²) < 4.78 is 33.3. The summed E-state index contributed by atoms with van der Waals surface area (Å²) in [7, 11) is -3.36. The van der Waals surface area contributed by atoms with Crippen LogP contribution in [0.3, 0.4) is 0 Å². The molecule has 124 valence electrons. The second-order valence-corrected chi connectivity index (χ2v) is 8.88. The van der Waals surface area contributed by atoms with Gasteiger partial charge >= 0.3 is 0 Å². The standard InChI is InChI=1S/C19H19NO3S/c21-24(22,20-18-13-6-7-14(12-13)19(18)20)17-10-8-16(9-11-17)23-15-4-2-1-3-5-15/h1-5,8-11,13-14,18-19H,6-7,12H2. The highest BCUT2D eigenvalue weighted by Gasteiger charge is 2.68. The minimum atomic E-state index is -3.36. The molecule has 3 fully saturated rings. The van der Waals surface area contributed by atoms with Gasteiger partial charge in [0.15, 0.2) is 0 Å². The van der Waals surface area contributed by atoms with Crippen LogP contribution in [-0.2, 0) is 10.0 Å². The quantitative estimate of drug-likeness (QED) is 0.798. The van der Waals surface area contributed by atoms with Crippen LogP contribution in [0.1, 0.15) is 19.3 Å². The lowest BCUT2D eigenvalue weighted by atomic mass is 10.0. The third-order valence-electron chi connectivity index (χ3n) is 5.71. The average molecular weight is 341 g/mol. The maximum atomic E-state index is 12.9. The Bertz CT molecular complexity index is 847. The summed E-state index contributed by atoms with van der Waals surface area (Å²) in [5.74, 6) is 2.57. The van der Waals surface area contributed by atoms with Crippen LogP contribution in [0.15, 0.2) is 59.5 Å².